The molecule has 156 valence electrons. The average Bonchev–Trinajstić information content (AvgIpc) is 3.08. The predicted molar refractivity (Wildman–Crippen MR) is 112 cm³/mol. The fourth-order valence-electron chi connectivity index (χ4n) is 4.01. The highest BCUT2D eigenvalue weighted by Crippen LogP contribution is 2.33. The smallest absolute Gasteiger partial charge is 0.308 e. The van der Waals surface area contributed by atoms with E-state index < -0.39 is 12.1 Å². The maximum Gasteiger partial charge on any atom is 0.308 e. The van der Waals surface area contributed by atoms with Crippen LogP contribution in [0.1, 0.15) is 25.8 Å². The number of carbonyl (C=O) groups excluding carboxylic acids is 3. The van der Waals surface area contributed by atoms with Crippen molar-refractivity contribution in [1.82, 2.24) is 0 Å². The lowest BCUT2D eigenvalue weighted by Crippen LogP contribution is -2.44. The van der Waals surface area contributed by atoms with E-state index >= 15 is 0 Å². The van der Waals surface area contributed by atoms with Crippen molar-refractivity contribution in [3.63, 3.8) is 0 Å². The van der Waals surface area contributed by atoms with Crippen LogP contribution in [0.2, 0.25) is 0 Å². The van der Waals surface area contributed by atoms with Crippen molar-refractivity contribution in [1.29, 1.82) is 0 Å². The molecule has 30 heavy (non-hydrogen) atoms. The lowest BCUT2D eigenvalue weighted by molar-refractivity contribution is -0.153. The zero-order chi connectivity index (χ0) is 21.3. The molecule has 0 aromatic heterocycles. The Bertz CT molecular complexity index is 989. The summed E-state index contributed by atoms with van der Waals surface area (Å²) in [6, 6.07) is 15.0. The van der Waals surface area contributed by atoms with Crippen LogP contribution in [0.5, 0.6) is 5.75 Å². The summed E-state index contributed by atoms with van der Waals surface area (Å²) in [6.07, 6.45) is -0.135. The van der Waals surface area contributed by atoms with Crippen LogP contribution in [-0.4, -0.2) is 43.1 Å². The maximum absolute atomic E-state index is 12.9. The standard InChI is InChI=1S/C23H24N2O5/c1-15-13-17-7-3-4-8-18(17)25(15)23(28)16(2)30-22(27)11-12-24-19-9-5-6-10-20(19)29-14-21(24)26/h3-10,15-16H,11-14H2,1-2H3/t15-,16+/m0/s1. The first-order valence-corrected chi connectivity index (χ1v) is 10.1. The van der Waals surface area contributed by atoms with Crippen molar-refractivity contribution in [3.8, 4) is 5.75 Å². The van der Waals surface area contributed by atoms with Crippen LogP contribution < -0.4 is 14.5 Å². The minimum Gasteiger partial charge on any atom is -0.482 e. The molecule has 0 unspecified atom stereocenters. The monoisotopic (exact) mass is 408 g/mol. The molecule has 0 aliphatic carbocycles. The molecule has 0 spiro atoms. The van der Waals surface area contributed by atoms with Crippen molar-refractivity contribution in [2.24, 2.45) is 0 Å². The summed E-state index contributed by atoms with van der Waals surface area (Å²) in [7, 11) is 0. The van der Waals surface area contributed by atoms with E-state index in [9.17, 15) is 14.4 Å². The van der Waals surface area contributed by atoms with Gasteiger partial charge in [-0.2, -0.15) is 0 Å². The van der Waals surface area contributed by atoms with Gasteiger partial charge in [-0.05, 0) is 44.0 Å². The van der Waals surface area contributed by atoms with Crippen molar-refractivity contribution >= 4 is 29.2 Å². The minimum absolute atomic E-state index is 0.0101. The normalized spacial score (nSPS) is 18.3. The number of hydrogen-bond donors (Lipinski definition) is 0. The summed E-state index contributed by atoms with van der Waals surface area (Å²) in [5.74, 6) is -0.370. The predicted octanol–water partition coefficient (Wildman–Crippen LogP) is 2.71. The highest BCUT2D eigenvalue weighted by molar-refractivity contribution is 6.00. The van der Waals surface area contributed by atoms with Crippen LogP contribution in [0.3, 0.4) is 0 Å². The van der Waals surface area contributed by atoms with Crippen molar-refractivity contribution < 1.29 is 23.9 Å². The van der Waals surface area contributed by atoms with Crippen LogP contribution in [0.4, 0.5) is 11.4 Å². The fraction of sp³-hybridized carbons (Fsp3) is 0.348. The molecule has 2 amide bonds. The number of benzene rings is 2. The Kier molecular flexibility index (Phi) is 5.44. The molecule has 0 saturated heterocycles. The first kappa shape index (κ1) is 19.9. The molecule has 2 atom stereocenters. The lowest BCUT2D eigenvalue weighted by Gasteiger charge is -2.29. The Balaban J connectivity index is 1.37. The molecule has 0 bridgehead atoms. The zero-order valence-electron chi connectivity index (χ0n) is 17.0. The van der Waals surface area contributed by atoms with E-state index in [1.807, 2.05) is 43.3 Å². The number of anilines is 2. The van der Waals surface area contributed by atoms with Gasteiger partial charge in [0.1, 0.15) is 5.75 Å². The zero-order valence-corrected chi connectivity index (χ0v) is 17.0. The third-order valence-electron chi connectivity index (χ3n) is 5.45. The second kappa shape index (κ2) is 8.18. The lowest BCUT2D eigenvalue weighted by atomic mass is 10.1. The molecule has 0 N–H and O–H groups in total. The Hall–Kier alpha value is -3.35. The molecule has 7 heteroatoms. The maximum atomic E-state index is 12.9. The van der Waals surface area contributed by atoms with Crippen LogP contribution in [0, 0.1) is 0 Å². The molecule has 2 aliphatic rings. The van der Waals surface area contributed by atoms with Crippen LogP contribution in [-0.2, 0) is 25.5 Å². The summed E-state index contributed by atoms with van der Waals surface area (Å²) < 4.78 is 10.8. The van der Waals surface area contributed by atoms with E-state index in [0.717, 1.165) is 17.7 Å². The van der Waals surface area contributed by atoms with Gasteiger partial charge in [0.05, 0.1) is 12.1 Å². The van der Waals surface area contributed by atoms with E-state index in [0.29, 0.717) is 11.4 Å². The number of amides is 2. The van der Waals surface area contributed by atoms with Crippen LogP contribution >= 0.6 is 0 Å². The summed E-state index contributed by atoms with van der Waals surface area (Å²) in [5.41, 5.74) is 2.61. The molecule has 2 aromatic carbocycles. The molecule has 2 aromatic rings. The fourth-order valence-corrected chi connectivity index (χ4v) is 4.01. The van der Waals surface area contributed by atoms with E-state index in [4.69, 9.17) is 9.47 Å². The summed E-state index contributed by atoms with van der Waals surface area (Å²) in [5, 5.41) is 0. The van der Waals surface area contributed by atoms with Gasteiger partial charge in [0, 0.05) is 18.3 Å². The Morgan fingerprint density at radius 3 is 2.63 bits per heavy atom. The Morgan fingerprint density at radius 2 is 1.83 bits per heavy atom. The molecule has 2 heterocycles. The highest BCUT2D eigenvalue weighted by atomic mass is 16.5. The summed E-state index contributed by atoms with van der Waals surface area (Å²) in [6.45, 7) is 3.67. The Morgan fingerprint density at radius 1 is 1.13 bits per heavy atom. The van der Waals surface area contributed by atoms with E-state index in [1.54, 1.807) is 24.0 Å². The quantitative estimate of drug-likeness (QED) is 0.711. The van der Waals surface area contributed by atoms with Gasteiger partial charge in [0.2, 0.25) is 0 Å². The first-order valence-electron chi connectivity index (χ1n) is 10.1. The van der Waals surface area contributed by atoms with Gasteiger partial charge in [0.15, 0.2) is 12.7 Å². The van der Waals surface area contributed by atoms with Gasteiger partial charge in [-0.25, -0.2) is 0 Å². The number of rotatable bonds is 5. The molecular weight excluding hydrogens is 384 g/mol. The number of carbonyl (C=O) groups is 3. The van der Waals surface area contributed by atoms with E-state index in [1.165, 1.54) is 4.90 Å². The van der Waals surface area contributed by atoms with E-state index in [-0.39, 0.29) is 37.4 Å². The number of ether oxygens (including phenoxy) is 2. The number of nitrogens with zero attached hydrogens (tertiary/aromatic N) is 2. The first-order chi connectivity index (χ1) is 14.5. The largest absolute Gasteiger partial charge is 0.482 e. The van der Waals surface area contributed by atoms with Gasteiger partial charge in [-0.15, -0.1) is 0 Å². The van der Waals surface area contributed by atoms with Gasteiger partial charge in [-0.3, -0.25) is 14.4 Å². The van der Waals surface area contributed by atoms with Crippen LogP contribution in [0.15, 0.2) is 48.5 Å². The number of fused-ring (bicyclic) bond motifs is 2. The van der Waals surface area contributed by atoms with Crippen LogP contribution in [0.25, 0.3) is 0 Å². The number of esters is 1. The van der Waals surface area contributed by atoms with E-state index in [2.05, 4.69) is 0 Å². The molecule has 0 saturated carbocycles. The summed E-state index contributed by atoms with van der Waals surface area (Å²) in [4.78, 5) is 40.8. The van der Waals surface area contributed by atoms with Gasteiger partial charge >= 0.3 is 5.97 Å². The summed E-state index contributed by atoms with van der Waals surface area (Å²) >= 11 is 0. The second-order valence-electron chi connectivity index (χ2n) is 7.57. The van der Waals surface area contributed by atoms with Crippen molar-refractivity contribution in [2.45, 2.75) is 38.8 Å². The van der Waals surface area contributed by atoms with Gasteiger partial charge < -0.3 is 19.3 Å². The minimum atomic E-state index is -0.904. The molecular formula is C23H24N2O5. The van der Waals surface area contributed by atoms with Gasteiger partial charge in [0.25, 0.3) is 11.8 Å². The molecule has 0 fully saturated rings. The third kappa shape index (κ3) is 3.75. The molecule has 0 radical (unpaired) electrons. The topological polar surface area (TPSA) is 76.1 Å². The molecule has 4 rings (SSSR count). The number of para-hydroxylation sites is 3. The highest BCUT2D eigenvalue weighted by Gasteiger charge is 2.34. The third-order valence-corrected chi connectivity index (χ3v) is 5.45. The molecule has 7 nitrogen and oxygen atoms in total. The van der Waals surface area contributed by atoms with Crippen molar-refractivity contribution in [3.05, 3.63) is 54.1 Å². The molecule has 2 aliphatic heterocycles. The SMILES string of the molecule is C[C@@H](OC(=O)CCN1C(=O)COc2ccccc21)C(=O)N1c2ccccc2C[C@@H]1C. The Labute approximate surface area is 175 Å². The van der Waals surface area contributed by atoms with Crippen molar-refractivity contribution in [2.75, 3.05) is 23.0 Å². The van der Waals surface area contributed by atoms with Gasteiger partial charge in [-0.1, -0.05) is 30.3 Å². The number of hydrogen-bond acceptors (Lipinski definition) is 5. The average molecular weight is 408 g/mol. The second-order valence-corrected chi connectivity index (χ2v) is 7.57.